The van der Waals surface area contributed by atoms with Crippen LogP contribution in [0.5, 0.6) is 0 Å². The van der Waals surface area contributed by atoms with E-state index in [1.165, 1.54) is 17.0 Å². The summed E-state index contributed by atoms with van der Waals surface area (Å²) >= 11 is 0. The van der Waals surface area contributed by atoms with Crippen molar-refractivity contribution in [3.05, 3.63) is 23.0 Å². The lowest BCUT2D eigenvalue weighted by Gasteiger charge is -2.03. The van der Waals surface area contributed by atoms with Gasteiger partial charge in [-0.3, -0.25) is 0 Å². The maximum atomic E-state index is 5.69. The predicted molar refractivity (Wildman–Crippen MR) is 52.2 cm³/mol. The maximum absolute atomic E-state index is 5.69. The smallest absolute Gasteiger partial charge is 0.0150 e. The van der Waals surface area contributed by atoms with Gasteiger partial charge in [-0.05, 0) is 45.2 Å². The van der Waals surface area contributed by atoms with Gasteiger partial charge in [-0.25, -0.2) is 0 Å². The molecule has 1 aromatic heterocycles. The molecule has 12 heavy (non-hydrogen) atoms. The van der Waals surface area contributed by atoms with Crippen LogP contribution in [0.1, 0.15) is 30.3 Å². The Morgan fingerprint density at radius 3 is 2.58 bits per heavy atom. The van der Waals surface area contributed by atoms with Gasteiger partial charge in [-0.1, -0.05) is 0 Å². The highest BCUT2D eigenvalue weighted by Crippen LogP contribution is 2.11. The number of H-pyrrole nitrogens is 1. The van der Waals surface area contributed by atoms with Crippen LogP contribution in [0.2, 0.25) is 0 Å². The molecule has 1 heterocycles. The number of hydrogen-bond donors (Lipinski definition) is 2. The van der Waals surface area contributed by atoms with Crippen molar-refractivity contribution in [1.29, 1.82) is 0 Å². The Balaban J connectivity index is 2.57. The van der Waals surface area contributed by atoms with Gasteiger partial charge in [-0.15, -0.1) is 0 Å². The normalized spacial score (nSPS) is 13.3. The summed E-state index contributed by atoms with van der Waals surface area (Å²) in [7, 11) is 0. The van der Waals surface area contributed by atoms with Crippen molar-refractivity contribution in [3.63, 3.8) is 0 Å². The Morgan fingerprint density at radius 2 is 2.17 bits per heavy atom. The molecule has 0 spiro atoms. The topological polar surface area (TPSA) is 41.8 Å². The minimum Gasteiger partial charge on any atom is -0.362 e. The quantitative estimate of drug-likeness (QED) is 0.707. The van der Waals surface area contributed by atoms with Crippen LogP contribution in [0.4, 0.5) is 0 Å². The lowest BCUT2D eigenvalue weighted by Crippen LogP contribution is -2.15. The molecule has 1 atom stereocenters. The van der Waals surface area contributed by atoms with Crippen molar-refractivity contribution in [2.75, 3.05) is 0 Å². The maximum Gasteiger partial charge on any atom is 0.0150 e. The fourth-order valence-electron chi connectivity index (χ4n) is 1.42. The number of nitrogens with one attached hydrogen (secondary N) is 1. The van der Waals surface area contributed by atoms with E-state index in [1.54, 1.807) is 0 Å². The molecule has 0 bridgehead atoms. The molecule has 1 rings (SSSR count). The number of hydrogen-bond acceptors (Lipinski definition) is 1. The van der Waals surface area contributed by atoms with Gasteiger partial charge < -0.3 is 10.7 Å². The zero-order valence-electron chi connectivity index (χ0n) is 8.15. The molecule has 2 nitrogen and oxygen atoms in total. The van der Waals surface area contributed by atoms with E-state index in [1.807, 2.05) is 0 Å². The molecule has 0 aliphatic heterocycles. The van der Waals surface area contributed by atoms with Gasteiger partial charge in [0.2, 0.25) is 0 Å². The van der Waals surface area contributed by atoms with Crippen LogP contribution in [0.3, 0.4) is 0 Å². The van der Waals surface area contributed by atoms with Gasteiger partial charge in [0, 0.05) is 17.4 Å². The van der Waals surface area contributed by atoms with Crippen LogP contribution < -0.4 is 5.73 Å². The molecule has 68 valence electrons. The SMILES string of the molecule is Cc1cc(CC[C@H](C)N)c(C)[nH]1. The van der Waals surface area contributed by atoms with E-state index in [-0.39, 0.29) is 0 Å². The standard InChI is InChI=1S/C10H18N2/c1-7(11)4-5-10-6-8(2)12-9(10)3/h6-7,12H,4-5,11H2,1-3H3/t7-/m0/s1. The van der Waals surface area contributed by atoms with E-state index in [0.717, 1.165) is 12.8 Å². The van der Waals surface area contributed by atoms with Crippen LogP contribution in [-0.2, 0) is 6.42 Å². The molecule has 0 aliphatic carbocycles. The number of rotatable bonds is 3. The largest absolute Gasteiger partial charge is 0.362 e. The van der Waals surface area contributed by atoms with Crippen molar-refractivity contribution in [2.45, 2.75) is 39.7 Å². The third kappa shape index (κ3) is 2.38. The van der Waals surface area contributed by atoms with Crippen molar-refractivity contribution in [1.82, 2.24) is 4.98 Å². The molecule has 0 radical (unpaired) electrons. The Kier molecular flexibility index (Phi) is 2.93. The fourth-order valence-corrected chi connectivity index (χ4v) is 1.42. The van der Waals surface area contributed by atoms with E-state index < -0.39 is 0 Å². The van der Waals surface area contributed by atoms with E-state index in [0.29, 0.717) is 6.04 Å². The molecule has 0 saturated heterocycles. The number of aryl methyl sites for hydroxylation is 3. The van der Waals surface area contributed by atoms with Crippen LogP contribution in [-0.4, -0.2) is 11.0 Å². The summed E-state index contributed by atoms with van der Waals surface area (Å²) in [4.78, 5) is 3.29. The third-order valence-electron chi connectivity index (χ3n) is 2.13. The first-order chi connectivity index (χ1) is 5.59. The first-order valence-electron chi connectivity index (χ1n) is 4.50. The summed E-state index contributed by atoms with van der Waals surface area (Å²) in [6.07, 6.45) is 2.16. The number of nitrogens with two attached hydrogens (primary N) is 1. The fraction of sp³-hybridized carbons (Fsp3) is 0.600. The van der Waals surface area contributed by atoms with Crippen LogP contribution in [0, 0.1) is 13.8 Å². The van der Waals surface area contributed by atoms with Crippen molar-refractivity contribution < 1.29 is 0 Å². The molecule has 0 unspecified atom stereocenters. The Morgan fingerprint density at radius 1 is 1.50 bits per heavy atom. The van der Waals surface area contributed by atoms with Crippen LogP contribution >= 0.6 is 0 Å². The average Bonchev–Trinajstić information content (AvgIpc) is 2.26. The molecule has 0 fully saturated rings. The molecule has 0 aliphatic rings. The molecule has 0 amide bonds. The summed E-state index contributed by atoms with van der Waals surface area (Å²) in [5, 5.41) is 0. The summed E-state index contributed by atoms with van der Waals surface area (Å²) in [5.41, 5.74) is 9.62. The first kappa shape index (κ1) is 9.33. The minimum absolute atomic E-state index is 0.305. The minimum atomic E-state index is 0.305. The van der Waals surface area contributed by atoms with E-state index in [2.05, 4.69) is 31.8 Å². The van der Waals surface area contributed by atoms with Gasteiger partial charge >= 0.3 is 0 Å². The van der Waals surface area contributed by atoms with Crippen LogP contribution in [0.15, 0.2) is 6.07 Å². The highest BCUT2D eigenvalue weighted by atomic mass is 14.7. The van der Waals surface area contributed by atoms with E-state index in [4.69, 9.17) is 5.73 Å². The van der Waals surface area contributed by atoms with Crippen molar-refractivity contribution in [2.24, 2.45) is 5.73 Å². The number of aromatic amines is 1. The Hall–Kier alpha value is -0.760. The van der Waals surface area contributed by atoms with Gasteiger partial charge in [0.15, 0.2) is 0 Å². The summed E-state index contributed by atoms with van der Waals surface area (Å²) in [6, 6.07) is 2.51. The highest BCUT2D eigenvalue weighted by molar-refractivity contribution is 5.24. The molecule has 0 aromatic carbocycles. The second-order valence-electron chi connectivity index (χ2n) is 3.62. The third-order valence-corrected chi connectivity index (χ3v) is 2.13. The van der Waals surface area contributed by atoms with E-state index >= 15 is 0 Å². The lowest BCUT2D eigenvalue weighted by molar-refractivity contribution is 0.665. The molecule has 2 heteroatoms. The average molecular weight is 166 g/mol. The van der Waals surface area contributed by atoms with E-state index in [9.17, 15) is 0 Å². The number of aromatic nitrogens is 1. The van der Waals surface area contributed by atoms with Gasteiger partial charge in [0.05, 0.1) is 0 Å². The van der Waals surface area contributed by atoms with Gasteiger partial charge in [-0.2, -0.15) is 0 Å². The van der Waals surface area contributed by atoms with Gasteiger partial charge in [0.25, 0.3) is 0 Å². The Labute approximate surface area is 74.2 Å². The van der Waals surface area contributed by atoms with Gasteiger partial charge in [0.1, 0.15) is 0 Å². The van der Waals surface area contributed by atoms with Crippen molar-refractivity contribution in [3.8, 4) is 0 Å². The second-order valence-corrected chi connectivity index (χ2v) is 3.62. The lowest BCUT2D eigenvalue weighted by atomic mass is 10.1. The first-order valence-corrected chi connectivity index (χ1v) is 4.50. The molecule has 3 N–H and O–H groups in total. The zero-order chi connectivity index (χ0) is 9.14. The Bertz CT molecular complexity index is 248. The van der Waals surface area contributed by atoms with Crippen molar-refractivity contribution >= 4 is 0 Å². The molecule has 0 saturated carbocycles. The second kappa shape index (κ2) is 3.76. The predicted octanol–water partition coefficient (Wildman–Crippen LogP) is 1.91. The highest BCUT2D eigenvalue weighted by Gasteiger charge is 2.02. The zero-order valence-corrected chi connectivity index (χ0v) is 8.15. The molecular weight excluding hydrogens is 148 g/mol. The summed E-state index contributed by atoms with van der Waals surface area (Å²) in [5.74, 6) is 0. The molecule has 1 aromatic rings. The summed E-state index contributed by atoms with van der Waals surface area (Å²) in [6.45, 7) is 6.25. The monoisotopic (exact) mass is 166 g/mol. The summed E-state index contributed by atoms with van der Waals surface area (Å²) < 4.78 is 0. The van der Waals surface area contributed by atoms with Crippen LogP contribution in [0.25, 0.3) is 0 Å². The molecular formula is C10H18N2.